The first-order valence-electron chi connectivity index (χ1n) is 19.8. The van der Waals surface area contributed by atoms with E-state index in [-0.39, 0.29) is 67.8 Å². The number of aliphatic hydroxyl groups excluding tert-OH is 1. The maximum atomic E-state index is 12.5. The van der Waals surface area contributed by atoms with Crippen molar-refractivity contribution in [1.82, 2.24) is 0 Å². The van der Waals surface area contributed by atoms with Crippen molar-refractivity contribution in [1.29, 1.82) is 0 Å². The van der Waals surface area contributed by atoms with Crippen LogP contribution in [0.4, 0.5) is 0 Å². The van der Waals surface area contributed by atoms with Crippen LogP contribution >= 0.6 is 0 Å². The first kappa shape index (κ1) is 51.0. The molecule has 3 aromatic rings. The fraction of sp³-hybridized carbons (Fsp3) is 0.543. The first-order valence-corrected chi connectivity index (χ1v) is 25.6. The van der Waals surface area contributed by atoms with E-state index in [0.29, 0.717) is 45.5 Å². The van der Waals surface area contributed by atoms with Crippen LogP contribution < -0.4 is 0 Å². The van der Waals surface area contributed by atoms with E-state index < -0.39 is 34.9 Å². The van der Waals surface area contributed by atoms with Gasteiger partial charge in [-0.15, -0.1) is 0 Å². The van der Waals surface area contributed by atoms with E-state index >= 15 is 0 Å². The standard InChI is InChI=1S/C27H28O4.C18H38O4Si2.CH3.Pd/c28-24-16-25(29-18-21-10-4-1-5-11-21)27(31-20-23-14-8-3-9-15-23)26(17-24)30-19-22-12-6-2-7-13-22;1-17(2,3)23(7,8)21-14-11-13(19)12-15(16(14)20)22-24(9,10)18(4,5)6;;/h1-15,25-27H,16-20H2;14-16,20H,11-12H2,1-10H3;1H3;/q;;-1;. The van der Waals surface area contributed by atoms with Crippen LogP contribution in [0.1, 0.15) is 83.9 Å². The van der Waals surface area contributed by atoms with Gasteiger partial charge in [-0.3, -0.25) is 9.59 Å². The van der Waals surface area contributed by atoms with Gasteiger partial charge < -0.3 is 35.6 Å². The molecule has 2 aliphatic rings. The normalized spacial score (nSPS) is 23.1. The second-order valence-electron chi connectivity index (χ2n) is 18.1. The van der Waals surface area contributed by atoms with Crippen LogP contribution in [0.2, 0.25) is 36.3 Å². The molecule has 4 atom stereocenters. The average molecular weight is 913 g/mol. The van der Waals surface area contributed by atoms with Gasteiger partial charge in [0, 0.05) is 46.1 Å². The molecule has 2 fully saturated rings. The summed E-state index contributed by atoms with van der Waals surface area (Å²) in [7, 11) is -4.09. The van der Waals surface area contributed by atoms with E-state index in [9.17, 15) is 14.7 Å². The van der Waals surface area contributed by atoms with E-state index in [4.69, 9.17) is 23.1 Å². The number of hydrogen-bond donors (Lipinski definition) is 1. The van der Waals surface area contributed by atoms with Crippen LogP contribution in [0.5, 0.6) is 0 Å². The second-order valence-corrected chi connectivity index (χ2v) is 27.7. The zero-order valence-electron chi connectivity index (χ0n) is 36.2. The molecule has 2 saturated carbocycles. The van der Waals surface area contributed by atoms with Crippen LogP contribution in [-0.4, -0.2) is 69.9 Å². The predicted octanol–water partition coefficient (Wildman–Crippen LogP) is 10.0. The van der Waals surface area contributed by atoms with Crippen LogP contribution in [0.3, 0.4) is 0 Å². The topological polar surface area (TPSA) is 101 Å². The van der Waals surface area contributed by atoms with Gasteiger partial charge in [0.25, 0.3) is 0 Å². The SMILES string of the molecule is CC(C)(C)[Si](C)(C)OC1CC(=O)CC(O[Si](C)(C)C(C)(C)C)C1O.O=C1CC(OCc2ccccc2)C(OCc2ccccc2)C(OCc2ccccc2)C1.[CH3-].[Pd]. The number of ketones is 2. The van der Waals surface area contributed by atoms with Crippen molar-refractivity contribution in [2.24, 2.45) is 0 Å². The fourth-order valence-electron chi connectivity index (χ4n) is 6.19. The van der Waals surface area contributed by atoms with Crippen molar-refractivity contribution < 1.29 is 58.2 Å². The fourth-order valence-corrected chi connectivity index (χ4v) is 8.86. The van der Waals surface area contributed by atoms with E-state index in [1.165, 1.54) is 0 Å². The maximum Gasteiger partial charge on any atom is 0.192 e. The Hall–Kier alpha value is -2.14. The quantitative estimate of drug-likeness (QED) is 0.134. The van der Waals surface area contributed by atoms with Gasteiger partial charge in [0.2, 0.25) is 0 Å². The molecule has 8 nitrogen and oxygen atoms in total. The minimum Gasteiger partial charge on any atom is -0.411 e. The summed E-state index contributed by atoms with van der Waals surface area (Å²) in [6.07, 6.45) is -1.33. The van der Waals surface area contributed by atoms with Crippen molar-refractivity contribution in [3.63, 3.8) is 0 Å². The number of rotatable bonds is 13. The van der Waals surface area contributed by atoms with Gasteiger partial charge in [0.05, 0.1) is 44.2 Å². The Labute approximate surface area is 359 Å². The third kappa shape index (κ3) is 15.4. The predicted molar refractivity (Wildman–Crippen MR) is 230 cm³/mol. The molecule has 0 amide bonds. The molecule has 0 aliphatic heterocycles. The minimum atomic E-state index is -2.05. The van der Waals surface area contributed by atoms with Crippen molar-refractivity contribution in [3.05, 3.63) is 115 Å². The van der Waals surface area contributed by atoms with Gasteiger partial charge in [0.15, 0.2) is 16.6 Å². The molecule has 5 rings (SSSR count). The number of carbonyl (C=O) groups excluding carboxylic acids is 2. The summed E-state index contributed by atoms with van der Waals surface area (Å²) in [6.45, 7) is 23.0. The monoisotopic (exact) mass is 911 g/mol. The van der Waals surface area contributed by atoms with Gasteiger partial charge in [-0.25, -0.2) is 0 Å². The Bertz CT molecular complexity index is 1530. The number of carbonyl (C=O) groups is 2. The van der Waals surface area contributed by atoms with E-state index in [1.54, 1.807) is 0 Å². The molecule has 0 aromatic heterocycles. The molecule has 4 unspecified atom stereocenters. The third-order valence-electron chi connectivity index (χ3n) is 11.6. The first-order chi connectivity index (χ1) is 25.8. The number of benzene rings is 3. The molecule has 0 spiro atoms. The average Bonchev–Trinajstić information content (AvgIpc) is 3.11. The van der Waals surface area contributed by atoms with Gasteiger partial charge >= 0.3 is 0 Å². The molecule has 0 radical (unpaired) electrons. The van der Waals surface area contributed by atoms with Crippen LogP contribution in [0.15, 0.2) is 91.0 Å². The Kier molecular flexibility index (Phi) is 20.1. The summed E-state index contributed by atoms with van der Waals surface area (Å²) in [5, 5.41) is 10.9. The van der Waals surface area contributed by atoms with Crippen molar-refractivity contribution in [2.45, 2.75) is 160 Å². The maximum absolute atomic E-state index is 12.5. The summed E-state index contributed by atoms with van der Waals surface area (Å²) in [5.74, 6) is 0.281. The van der Waals surface area contributed by atoms with Crippen LogP contribution in [-0.2, 0) is 72.9 Å². The Morgan fingerprint density at radius 1 is 0.526 bits per heavy atom. The van der Waals surface area contributed by atoms with Crippen LogP contribution in [0.25, 0.3) is 0 Å². The molecule has 0 saturated heterocycles. The van der Waals surface area contributed by atoms with E-state index in [1.807, 2.05) is 91.0 Å². The van der Waals surface area contributed by atoms with Gasteiger partial charge in [-0.05, 0) is 53.0 Å². The molecule has 2 aliphatic carbocycles. The molecule has 1 N–H and O–H groups in total. The van der Waals surface area contributed by atoms with E-state index in [2.05, 4.69) is 67.7 Å². The molecule has 57 heavy (non-hydrogen) atoms. The zero-order valence-corrected chi connectivity index (χ0v) is 39.7. The van der Waals surface area contributed by atoms with Gasteiger partial charge in [-0.1, -0.05) is 133 Å². The summed E-state index contributed by atoms with van der Waals surface area (Å²) < 4.78 is 31.4. The molecular formula is C46H69O8PdSi2-. The molecule has 0 bridgehead atoms. The summed E-state index contributed by atoms with van der Waals surface area (Å²) in [4.78, 5) is 24.8. The summed E-state index contributed by atoms with van der Waals surface area (Å²) >= 11 is 0. The van der Waals surface area contributed by atoms with Crippen LogP contribution in [0, 0.1) is 7.43 Å². The molecule has 0 heterocycles. The second kappa shape index (κ2) is 22.5. The number of ether oxygens (including phenoxy) is 3. The Balaban J connectivity index is 0.000000393. The zero-order chi connectivity index (χ0) is 40.4. The third-order valence-corrected chi connectivity index (χ3v) is 20.6. The number of aliphatic hydroxyl groups is 1. The smallest absolute Gasteiger partial charge is 0.192 e. The van der Waals surface area contributed by atoms with Gasteiger partial charge in [0.1, 0.15) is 23.8 Å². The Morgan fingerprint density at radius 3 is 1.11 bits per heavy atom. The number of hydrogen-bond acceptors (Lipinski definition) is 8. The summed E-state index contributed by atoms with van der Waals surface area (Å²) in [6, 6.07) is 30.0. The van der Waals surface area contributed by atoms with Gasteiger partial charge in [-0.2, -0.15) is 0 Å². The molecule has 3 aromatic carbocycles. The molecular weight excluding hydrogens is 843 g/mol. The van der Waals surface area contributed by atoms with E-state index in [0.717, 1.165) is 16.7 Å². The van der Waals surface area contributed by atoms with Crippen molar-refractivity contribution >= 4 is 28.2 Å². The molecule has 11 heteroatoms. The van der Waals surface area contributed by atoms with Crippen molar-refractivity contribution in [3.8, 4) is 0 Å². The minimum absolute atomic E-state index is 0. The Morgan fingerprint density at radius 2 is 0.807 bits per heavy atom. The number of Topliss-reactive ketones (excluding diaryl/α,β-unsaturated/α-hetero) is 2. The van der Waals surface area contributed by atoms with Crippen molar-refractivity contribution in [2.75, 3.05) is 0 Å². The molecule has 320 valence electrons. The summed E-state index contributed by atoms with van der Waals surface area (Å²) in [5.41, 5.74) is 3.23. The largest absolute Gasteiger partial charge is 0.411 e.